The average Bonchev–Trinajstić information content (AvgIpc) is 3.01. The minimum absolute atomic E-state index is 0.00204. The van der Waals surface area contributed by atoms with Crippen molar-refractivity contribution >= 4 is 45.8 Å². The first-order valence-electron chi connectivity index (χ1n) is 11.9. The monoisotopic (exact) mass is 512 g/mol. The molecule has 1 fully saturated rings. The topological polar surface area (TPSA) is 87.5 Å². The molecule has 1 aliphatic heterocycles. The quantitative estimate of drug-likeness (QED) is 0.418. The third kappa shape index (κ3) is 6.33. The highest BCUT2D eigenvalue weighted by molar-refractivity contribution is 6.36. The van der Waals surface area contributed by atoms with Gasteiger partial charge in [-0.3, -0.25) is 9.59 Å². The Labute approximate surface area is 215 Å². The molecule has 1 heterocycles. The van der Waals surface area contributed by atoms with Crippen LogP contribution in [-0.2, 0) is 11.3 Å². The molecule has 1 aliphatic rings. The molecule has 0 aromatic heterocycles. The number of nitrogens with one attached hydrogen (secondary N) is 2. The molecular formula is C27H30Cl2N4O2. The predicted octanol–water partition coefficient (Wildman–Crippen LogP) is 4.37. The zero-order valence-corrected chi connectivity index (χ0v) is 21.0. The van der Waals surface area contributed by atoms with E-state index in [0.717, 1.165) is 22.8 Å². The van der Waals surface area contributed by atoms with Gasteiger partial charge in [-0.15, -0.1) is 0 Å². The van der Waals surface area contributed by atoms with Crippen molar-refractivity contribution in [1.82, 2.24) is 15.5 Å². The summed E-state index contributed by atoms with van der Waals surface area (Å²) in [6.45, 7) is 1.79. The van der Waals surface area contributed by atoms with Crippen LogP contribution in [0.4, 0.5) is 0 Å². The van der Waals surface area contributed by atoms with Crippen LogP contribution in [0.2, 0.25) is 10.0 Å². The van der Waals surface area contributed by atoms with E-state index in [1.807, 2.05) is 42.5 Å². The number of nitrogens with zero attached hydrogens (tertiary/aromatic N) is 1. The minimum Gasteiger partial charge on any atom is -0.350 e. The molecule has 0 saturated carbocycles. The zero-order valence-electron chi connectivity index (χ0n) is 19.5. The first kappa shape index (κ1) is 25.5. The Morgan fingerprint density at radius 3 is 2.54 bits per heavy atom. The van der Waals surface area contributed by atoms with Crippen LogP contribution in [-0.4, -0.2) is 48.4 Å². The highest BCUT2D eigenvalue weighted by Crippen LogP contribution is 2.27. The number of carbonyl (C=O) groups excluding carboxylic acids is 2. The van der Waals surface area contributed by atoms with Gasteiger partial charge in [0, 0.05) is 46.8 Å². The van der Waals surface area contributed by atoms with Crippen molar-refractivity contribution < 1.29 is 9.59 Å². The number of rotatable bonds is 8. The van der Waals surface area contributed by atoms with Gasteiger partial charge >= 0.3 is 0 Å². The summed E-state index contributed by atoms with van der Waals surface area (Å²) >= 11 is 12.7. The second-order valence-corrected chi connectivity index (χ2v) is 9.68. The van der Waals surface area contributed by atoms with E-state index in [2.05, 4.69) is 10.6 Å². The van der Waals surface area contributed by atoms with Crippen LogP contribution in [0.3, 0.4) is 0 Å². The number of nitrogens with two attached hydrogens (primary N) is 1. The van der Waals surface area contributed by atoms with E-state index in [9.17, 15) is 9.59 Å². The SMILES string of the molecule is NCCC[C@H]1N[C@@H](CNC(=O)c2ccc3ccccc3c2)CCN(Cc2c(Cl)cccc2Cl)C1=O. The maximum atomic E-state index is 13.4. The lowest BCUT2D eigenvalue weighted by molar-refractivity contribution is -0.133. The van der Waals surface area contributed by atoms with E-state index in [1.54, 1.807) is 23.1 Å². The van der Waals surface area contributed by atoms with E-state index >= 15 is 0 Å². The molecule has 184 valence electrons. The summed E-state index contributed by atoms with van der Waals surface area (Å²) in [4.78, 5) is 28.0. The third-order valence-electron chi connectivity index (χ3n) is 6.42. The minimum atomic E-state index is -0.384. The second-order valence-electron chi connectivity index (χ2n) is 8.87. The summed E-state index contributed by atoms with van der Waals surface area (Å²) in [7, 11) is 0. The molecule has 1 saturated heterocycles. The Hall–Kier alpha value is -2.64. The van der Waals surface area contributed by atoms with E-state index in [0.29, 0.717) is 54.6 Å². The van der Waals surface area contributed by atoms with Gasteiger partial charge in [-0.1, -0.05) is 59.6 Å². The molecule has 6 nitrogen and oxygen atoms in total. The van der Waals surface area contributed by atoms with Crippen molar-refractivity contribution in [2.75, 3.05) is 19.6 Å². The highest BCUT2D eigenvalue weighted by Gasteiger charge is 2.31. The Morgan fingerprint density at radius 1 is 1.06 bits per heavy atom. The van der Waals surface area contributed by atoms with Gasteiger partial charge in [-0.2, -0.15) is 0 Å². The number of hydrogen-bond donors (Lipinski definition) is 3. The molecule has 4 rings (SSSR count). The van der Waals surface area contributed by atoms with Gasteiger partial charge in [0.05, 0.1) is 6.04 Å². The molecule has 0 unspecified atom stereocenters. The second kappa shape index (κ2) is 11.9. The molecular weight excluding hydrogens is 483 g/mol. The van der Waals surface area contributed by atoms with Gasteiger partial charge in [-0.25, -0.2) is 0 Å². The van der Waals surface area contributed by atoms with Crippen LogP contribution < -0.4 is 16.4 Å². The summed E-state index contributed by atoms with van der Waals surface area (Å²) in [6, 6.07) is 18.5. The molecule has 2 atom stereocenters. The molecule has 4 N–H and O–H groups in total. The van der Waals surface area contributed by atoms with Crippen LogP contribution in [0.25, 0.3) is 10.8 Å². The standard InChI is InChI=1S/C27H30Cl2N4O2/c28-23-7-3-8-24(29)22(23)17-33-14-12-21(32-25(27(33)35)9-4-13-30)16-31-26(34)20-11-10-18-5-1-2-6-19(18)15-20/h1-3,5-8,10-11,15,21,25,32H,4,9,12-14,16-17,30H2,(H,31,34)/t21-,25-/m1/s1. The van der Waals surface area contributed by atoms with Crippen molar-refractivity contribution in [3.63, 3.8) is 0 Å². The fraction of sp³-hybridized carbons (Fsp3) is 0.333. The van der Waals surface area contributed by atoms with Crippen molar-refractivity contribution in [2.45, 2.75) is 37.9 Å². The Morgan fingerprint density at radius 2 is 1.80 bits per heavy atom. The van der Waals surface area contributed by atoms with Gasteiger partial charge in [0.1, 0.15) is 0 Å². The van der Waals surface area contributed by atoms with E-state index in [4.69, 9.17) is 28.9 Å². The summed E-state index contributed by atoms with van der Waals surface area (Å²) in [5, 5.41) is 9.69. The van der Waals surface area contributed by atoms with Gasteiger partial charge < -0.3 is 21.3 Å². The van der Waals surface area contributed by atoms with E-state index in [-0.39, 0.29) is 23.9 Å². The van der Waals surface area contributed by atoms with Gasteiger partial charge in [0.2, 0.25) is 5.91 Å². The smallest absolute Gasteiger partial charge is 0.251 e. The maximum absolute atomic E-state index is 13.4. The van der Waals surface area contributed by atoms with Crippen molar-refractivity contribution in [3.8, 4) is 0 Å². The third-order valence-corrected chi connectivity index (χ3v) is 7.13. The van der Waals surface area contributed by atoms with Crippen LogP contribution in [0.15, 0.2) is 60.7 Å². The molecule has 0 radical (unpaired) electrons. The molecule has 2 amide bonds. The van der Waals surface area contributed by atoms with Gasteiger partial charge in [0.15, 0.2) is 0 Å². The molecule has 3 aromatic carbocycles. The van der Waals surface area contributed by atoms with Crippen molar-refractivity contribution in [2.24, 2.45) is 5.73 Å². The Bertz CT molecular complexity index is 1180. The summed E-state index contributed by atoms with van der Waals surface area (Å²) in [5.41, 5.74) is 7.08. The molecule has 35 heavy (non-hydrogen) atoms. The fourth-order valence-electron chi connectivity index (χ4n) is 4.45. The number of amides is 2. The molecule has 0 spiro atoms. The van der Waals surface area contributed by atoms with Crippen LogP contribution in [0.5, 0.6) is 0 Å². The lowest BCUT2D eigenvalue weighted by atomic mass is 10.1. The fourth-order valence-corrected chi connectivity index (χ4v) is 4.97. The van der Waals surface area contributed by atoms with Crippen LogP contribution in [0, 0.1) is 0 Å². The van der Waals surface area contributed by atoms with Crippen molar-refractivity contribution in [3.05, 3.63) is 81.8 Å². The Balaban J connectivity index is 1.44. The first-order valence-corrected chi connectivity index (χ1v) is 12.7. The van der Waals surface area contributed by atoms with Gasteiger partial charge in [-0.05, 0) is 60.8 Å². The van der Waals surface area contributed by atoms with E-state index < -0.39 is 0 Å². The average molecular weight is 513 g/mol. The molecule has 3 aromatic rings. The first-order chi connectivity index (χ1) is 17.0. The summed E-state index contributed by atoms with van der Waals surface area (Å²) in [5.74, 6) is -0.135. The van der Waals surface area contributed by atoms with Crippen LogP contribution in [0.1, 0.15) is 35.2 Å². The number of carbonyl (C=O) groups is 2. The number of hydrogen-bond acceptors (Lipinski definition) is 4. The maximum Gasteiger partial charge on any atom is 0.251 e. The molecule has 0 aliphatic carbocycles. The number of halogens is 2. The zero-order chi connectivity index (χ0) is 24.8. The number of fused-ring (bicyclic) bond motifs is 1. The summed E-state index contributed by atoms with van der Waals surface area (Å²) < 4.78 is 0. The number of benzene rings is 3. The largest absolute Gasteiger partial charge is 0.350 e. The normalized spacial score (nSPS) is 18.5. The highest BCUT2D eigenvalue weighted by atomic mass is 35.5. The lowest BCUT2D eigenvalue weighted by Crippen LogP contribution is -2.48. The predicted molar refractivity (Wildman–Crippen MR) is 142 cm³/mol. The molecule has 8 heteroatoms. The van der Waals surface area contributed by atoms with E-state index in [1.165, 1.54) is 0 Å². The summed E-state index contributed by atoms with van der Waals surface area (Å²) in [6.07, 6.45) is 2.03. The lowest BCUT2D eigenvalue weighted by Gasteiger charge is -2.25. The van der Waals surface area contributed by atoms with Crippen molar-refractivity contribution in [1.29, 1.82) is 0 Å². The Kier molecular flexibility index (Phi) is 8.63. The molecule has 0 bridgehead atoms. The van der Waals surface area contributed by atoms with Gasteiger partial charge in [0.25, 0.3) is 5.91 Å². The van der Waals surface area contributed by atoms with Crippen LogP contribution >= 0.6 is 23.2 Å².